The summed E-state index contributed by atoms with van der Waals surface area (Å²) >= 11 is 0. The van der Waals surface area contributed by atoms with E-state index >= 15 is 0 Å². The Morgan fingerprint density at radius 1 is 1.27 bits per heavy atom. The molecule has 1 aliphatic heterocycles. The van der Waals surface area contributed by atoms with Crippen molar-refractivity contribution in [1.29, 1.82) is 0 Å². The van der Waals surface area contributed by atoms with Gasteiger partial charge in [0.2, 0.25) is 0 Å². The zero-order valence-electron chi connectivity index (χ0n) is 7.29. The minimum absolute atomic E-state index is 0.692. The third-order valence-electron chi connectivity index (χ3n) is 2.72. The highest BCUT2D eigenvalue weighted by atomic mass is 16.3. The highest BCUT2D eigenvalue weighted by molar-refractivity contribution is 4.80. The Bertz CT molecular complexity index is 126. The van der Waals surface area contributed by atoms with Crippen molar-refractivity contribution < 1.29 is 0 Å². The monoisotopic (exact) mass is 156 g/mol. The number of rotatable bonds is 3. The van der Waals surface area contributed by atoms with E-state index in [1.807, 2.05) is 0 Å². The molecular formula is C8H16N2O. The molecule has 0 aromatic carbocycles. The van der Waals surface area contributed by atoms with Gasteiger partial charge in [-0.15, -0.1) is 4.91 Å². The van der Waals surface area contributed by atoms with Crippen molar-refractivity contribution in [3.05, 3.63) is 4.91 Å². The number of hydrogen-bond donors (Lipinski definition) is 0. The summed E-state index contributed by atoms with van der Waals surface area (Å²) < 4.78 is 0. The second-order valence-corrected chi connectivity index (χ2v) is 3.29. The largest absolute Gasteiger partial charge is 0.260 e. The highest BCUT2D eigenvalue weighted by Crippen LogP contribution is 2.28. The highest BCUT2D eigenvalue weighted by Gasteiger charge is 2.29. The number of nitrogens with zero attached hydrogens (tertiary/aromatic N) is 2. The number of nitroso groups, excluding NO2 is 1. The summed E-state index contributed by atoms with van der Waals surface area (Å²) in [5.74, 6) is 1.38. The lowest BCUT2D eigenvalue weighted by Crippen LogP contribution is -2.11. The van der Waals surface area contributed by atoms with E-state index in [1.165, 1.54) is 12.8 Å². The van der Waals surface area contributed by atoms with Crippen molar-refractivity contribution in [2.24, 2.45) is 17.1 Å². The Morgan fingerprint density at radius 3 is 2.00 bits per heavy atom. The zero-order chi connectivity index (χ0) is 8.27. The SMILES string of the molecule is CCC1CN(N=O)CC1CC. The second-order valence-electron chi connectivity index (χ2n) is 3.29. The molecule has 0 aromatic rings. The summed E-state index contributed by atoms with van der Waals surface area (Å²) in [6.07, 6.45) is 2.34. The lowest BCUT2D eigenvalue weighted by atomic mass is 9.92. The lowest BCUT2D eigenvalue weighted by Gasteiger charge is -2.11. The third-order valence-corrected chi connectivity index (χ3v) is 2.72. The molecule has 3 heteroatoms. The molecule has 2 unspecified atom stereocenters. The normalized spacial score (nSPS) is 30.9. The van der Waals surface area contributed by atoms with Gasteiger partial charge >= 0.3 is 0 Å². The van der Waals surface area contributed by atoms with Crippen molar-refractivity contribution in [2.45, 2.75) is 26.7 Å². The average Bonchev–Trinajstić information content (AvgIpc) is 2.46. The molecule has 1 fully saturated rings. The maximum absolute atomic E-state index is 10.2. The molecule has 0 aliphatic carbocycles. The van der Waals surface area contributed by atoms with Gasteiger partial charge in [0.05, 0.1) is 5.29 Å². The molecule has 0 radical (unpaired) electrons. The van der Waals surface area contributed by atoms with E-state index in [-0.39, 0.29) is 0 Å². The molecule has 11 heavy (non-hydrogen) atoms. The minimum atomic E-state index is 0.692. The Labute approximate surface area is 67.7 Å². The summed E-state index contributed by atoms with van der Waals surface area (Å²) in [6, 6.07) is 0. The van der Waals surface area contributed by atoms with Crippen LogP contribution in [0.15, 0.2) is 5.29 Å². The van der Waals surface area contributed by atoms with Crippen LogP contribution in [-0.2, 0) is 0 Å². The molecule has 1 aliphatic rings. The first-order chi connectivity index (χ1) is 5.31. The molecule has 0 aromatic heterocycles. The molecule has 0 bridgehead atoms. The van der Waals surface area contributed by atoms with Crippen molar-refractivity contribution in [1.82, 2.24) is 5.01 Å². The van der Waals surface area contributed by atoms with Crippen LogP contribution in [0.5, 0.6) is 0 Å². The summed E-state index contributed by atoms with van der Waals surface area (Å²) in [7, 11) is 0. The maximum atomic E-state index is 10.2. The van der Waals surface area contributed by atoms with Crippen LogP contribution >= 0.6 is 0 Å². The van der Waals surface area contributed by atoms with Crippen LogP contribution in [0.4, 0.5) is 0 Å². The van der Waals surface area contributed by atoms with Crippen LogP contribution in [0, 0.1) is 16.7 Å². The fourth-order valence-electron chi connectivity index (χ4n) is 1.91. The summed E-state index contributed by atoms with van der Waals surface area (Å²) in [6.45, 7) is 6.11. The van der Waals surface area contributed by atoms with Crippen LogP contribution in [-0.4, -0.2) is 18.1 Å². The molecule has 1 saturated heterocycles. The van der Waals surface area contributed by atoms with Gasteiger partial charge in [0.15, 0.2) is 0 Å². The molecule has 0 spiro atoms. The first-order valence-corrected chi connectivity index (χ1v) is 4.40. The van der Waals surface area contributed by atoms with Gasteiger partial charge in [-0.3, -0.25) is 5.01 Å². The predicted octanol–water partition coefficient (Wildman–Crippen LogP) is 2.04. The Kier molecular flexibility index (Phi) is 2.85. The van der Waals surface area contributed by atoms with E-state index in [0.717, 1.165) is 13.1 Å². The van der Waals surface area contributed by atoms with Crippen molar-refractivity contribution in [3.63, 3.8) is 0 Å². The summed E-state index contributed by atoms with van der Waals surface area (Å²) in [5, 5.41) is 4.62. The lowest BCUT2D eigenvalue weighted by molar-refractivity contribution is 0.333. The minimum Gasteiger partial charge on any atom is -0.260 e. The Balaban J connectivity index is 2.47. The van der Waals surface area contributed by atoms with Gasteiger partial charge in [-0.05, 0) is 11.8 Å². The first-order valence-electron chi connectivity index (χ1n) is 4.40. The Hall–Kier alpha value is -0.600. The quantitative estimate of drug-likeness (QED) is 0.586. The van der Waals surface area contributed by atoms with E-state index < -0.39 is 0 Å². The zero-order valence-corrected chi connectivity index (χ0v) is 7.29. The Morgan fingerprint density at radius 2 is 1.73 bits per heavy atom. The van der Waals surface area contributed by atoms with E-state index in [1.54, 1.807) is 5.01 Å². The van der Waals surface area contributed by atoms with Crippen molar-refractivity contribution in [3.8, 4) is 0 Å². The standard InChI is InChI=1S/C8H16N2O/c1-3-7-5-10(9-11)6-8(7)4-2/h7-8H,3-6H2,1-2H3. The average molecular weight is 156 g/mol. The fraction of sp³-hybridized carbons (Fsp3) is 1.00. The van der Waals surface area contributed by atoms with Crippen LogP contribution < -0.4 is 0 Å². The van der Waals surface area contributed by atoms with Crippen LogP contribution in [0.1, 0.15) is 26.7 Å². The van der Waals surface area contributed by atoms with Crippen molar-refractivity contribution >= 4 is 0 Å². The predicted molar refractivity (Wildman–Crippen MR) is 44.9 cm³/mol. The molecule has 1 heterocycles. The van der Waals surface area contributed by atoms with Gasteiger partial charge in [0.1, 0.15) is 0 Å². The van der Waals surface area contributed by atoms with Crippen LogP contribution in [0.2, 0.25) is 0 Å². The third kappa shape index (κ3) is 1.70. The van der Waals surface area contributed by atoms with Gasteiger partial charge in [0.25, 0.3) is 0 Å². The molecule has 1 rings (SSSR count). The molecule has 2 atom stereocenters. The topological polar surface area (TPSA) is 32.7 Å². The summed E-state index contributed by atoms with van der Waals surface area (Å²) in [5.41, 5.74) is 0. The maximum Gasteiger partial charge on any atom is 0.0524 e. The molecular weight excluding hydrogens is 140 g/mol. The first kappa shape index (κ1) is 8.50. The summed E-state index contributed by atoms with van der Waals surface area (Å²) in [4.78, 5) is 10.2. The van der Waals surface area contributed by atoms with Gasteiger partial charge in [-0.25, -0.2) is 0 Å². The van der Waals surface area contributed by atoms with E-state index in [9.17, 15) is 4.91 Å². The smallest absolute Gasteiger partial charge is 0.0524 e. The van der Waals surface area contributed by atoms with Crippen LogP contribution in [0.3, 0.4) is 0 Å². The van der Waals surface area contributed by atoms with Gasteiger partial charge in [-0.1, -0.05) is 26.7 Å². The van der Waals surface area contributed by atoms with Crippen LogP contribution in [0.25, 0.3) is 0 Å². The van der Waals surface area contributed by atoms with Gasteiger partial charge in [-0.2, -0.15) is 0 Å². The fourth-order valence-corrected chi connectivity index (χ4v) is 1.91. The van der Waals surface area contributed by atoms with E-state index in [0.29, 0.717) is 11.8 Å². The molecule has 3 nitrogen and oxygen atoms in total. The molecule has 0 N–H and O–H groups in total. The van der Waals surface area contributed by atoms with Gasteiger partial charge < -0.3 is 0 Å². The molecule has 0 amide bonds. The van der Waals surface area contributed by atoms with Crippen molar-refractivity contribution in [2.75, 3.05) is 13.1 Å². The number of hydrogen-bond acceptors (Lipinski definition) is 2. The van der Waals surface area contributed by atoms with E-state index in [4.69, 9.17) is 0 Å². The molecule has 0 saturated carbocycles. The molecule has 64 valence electrons. The van der Waals surface area contributed by atoms with Gasteiger partial charge in [0, 0.05) is 13.1 Å². The van der Waals surface area contributed by atoms with E-state index in [2.05, 4.69) is 19.1 Å². The second kappa shape index (κ2) is 3.69.